The SMILES string of the molecule is CN([C@H]1CCCc2o[nH]c(=O)c21)[C@@H](C=O)C(c1ccc(Cl)cc1)c1ccc(Cl)cc1. The first-order valence-electron chi connectivity index (χ1n) is 9.88. The second-order valence-corrected chi connectivity index (χ2v) is 8.52. The molecule has 1 aliphatic rings. The molecular formula is C23H22Cl2N2O3. The lowest BCUT2D eigenvalue weighted by Crippen LogP contribution is -2.43. The minimum atomic E-state index is -0.502. The molecule has 0 aliphatic heterocycles. The molecule has 0 bridgehead atoms. The molecule has 0 spiro atoms. The Morgan fingerprint density at radius 3 is 2.17 bits per heavy atom. The lowest BCUT2D eigenvalue weighted by atomic mass is 9.83. The van der Waals surface area contributed by atoms with E-state index in [1.54, 1.807) is 0 Å². The van der Waals surface area contributed by atoms with Crippen molar-refractivity contribution < 1.29 is 9.32 Å². The van der Waals surface area contributed by atoms with Gasteiger partial charge in [0.2, 0.25) is 0 Å². The average Bonchev–Trinajstić information content (AvgIpc) is 3.14. The molecular weight excluding hydrogens is 423 g/mol. The van der Waals surface area contributed by atoms with E-state index < -0.39 is 6.04 Å². The maximum atomic E-state index is 12.4. The maximum absolute atomic E-state index is 12.4. The molecule has 0 unspecified atom stereocenters. The summed E-state index contributed by atoms with van der Waals surface area (Å²) in [5, 5.41) is 3.71. The Morgan fingerprint density at radius 1 is 1.07 bits per heavy atom. The van der Waals surface area contributed by atoms with E-state index in [-0.39, 0.29) is 17.5 Å². The van der Waals surface area contributed by atoms with Crippen molar-refractivity contribution in [3.63, 3.8) is 0 Å². The van der Waals surface area contributed by atoms with Crippen LogP contribution in [0.3, 0.4) is 0 Å². The number of hydrogen-bond acceptors (Lipinski definition) is 4. The zero-order valence-electron chi connectivity index (χ0n) is 16.5. The molecule has 4 rings (SSSR count). The van der Waals surface area contributed by atoms with Crippen molar-refractivity contribution in [2.45, 2.75) is 37.3 Å². The molecule has 2 atom stereocenters. The lowest BCUT2D eigenvalue weighted by Gasteiger charge is -2.38. The van der Waals surface area contributed by atoms with Gasteiger partial charge in [0.15, 0.2) is 0 Å². The van der Waals surface area contributed by atoms with Gasteiger partial charge in [0.25, 0.3) is 5.56 Å². The molecule has 1 N–H and O–H groups in total. The van der Waals surface area contributed by atoms with Gasteiger partial charge in [-0.05, 0) is 55.3 Å². The first-order valence-corrected chi connectivity index (χ1v) is 10.6. The van der Waals surface area contributed by atoms with Gasteiger partial charge >= 0.3 is 0 Å². The fourth-order valence-corrected chi connectivity index (χ4v) is 4.67. The summed E-state index contributed by atoms with van der Waals surface area (Å²) in [5.41, 5.74) is 2.33. The van der Waals surface area contributed by atoms with Gasteiger partial charge in [0.1, 0.15) is 12.0 Å². The van der Waals surface area contributed by atoms with Crippen LogP contribution >= 0.6 is 23.2 Å². The van der Waals surface area contributed by atoms with Crippen LogP contribution in [0.2, 0.25) is 10.0 Å². The number of nitrogens with zero attached hydrogens (tertiary/aromatic N) is 1. The third-order valence-corrected chi connectivity index (χ3v) is 6.43. The number of nitrogens with one attached hydrogen (secondary N) is 1. The molecule has 1 aliphatic carbocycles. The first-order chi connectivity index (χ1) is 14.5. The quantitative estimate of drug-likeness (QED) is 0.544. The topological polar surface area (TPSA) is 66.3 Å². The number of aryl methyl sites for hydroxylation is 1. The smallest absolute Gasteiger partial charge is 0.284 e. The fourth-order valence-electron chi connectivity index (χ4n) is 4.42. The second kappa shape index (κ2) is 8.80. The molecule has 1 heterocycles. The van der Waals surface area contributed by atoms with Gasteiger partial charge in [-0.1, -0.05) is 47.5 Å². The van der Waals surface area contributed by atoms with Crippen LogP contribution in [-0.2, 0) is 11.2 Å². The number of aromatic amines is 1. The molecule has 30 heavy (non-hydrogen) atoms. The predicted molar refractivity (Wildman–Crippen MR) is 117 cm³/mol. The number of carbonyl (C=O) groups excluding carboxylic acids is 1. The zero-order valence-corrected chi connectivity index (χ0v) is 18.0. The summed E-state index contributed by atoms with van der Waals surface area (Å²) in [4.78, 5) is 26.8. The Morgan fingerprint density at radius 2 is 1.63 bits per heavy atom. The van der Waals surface area contributed by atoms with Crippen molar-refractivity contribution in [3.8, 4) is 0 Å². The summed E-state index contributed by atoms with van der Waals surface area (Å²) in [6, 6.07) is 14.3. The van der Waals surface area contributed by atoms with E-state index in [0.29, 0.717) is 21.4 Å². The summed E-state index contributed by atoms with van der Waals surface area (Å²) in [7, 11) is 1.89. The number of carbonyl (C=O) groups is 1. The highest BCUT2D eigenvalue weighted by molar-refractivity contribution is 6.30. The summed E-state index contributed by atoms with van der Waals surface area (Å²) in [5.74, 6) is 0.431. The molecule has 0 fully saturated rings. The van der Waals surface area contributed by atoms with Gasteiger partial charge in [0, 0.05) is 28.4 Å². The van der Waals surface area contributed by atoms with Crippen molar-refractivity contribution in [2.75, 3.05) is 7.05 Å². The lowest BCUT2D eigenvalue weighted by molar-refractivity contribution is -0.113. The normalized spacial score (nSPS) is 17.2. The number of likely N-dealkylation sites (N-methyl/N-ethyl adjacent to an activating group) is 1. The standard InChI is InChI=1S/C23H22Cl2N2O3/c1-27(18-3-2-4-20-22(18)23(29)26-30-20)19(13-28)21(14-5-9-16(24)10-6-14)15-7-11-17(25)12-8-15/h5-13,18-19,21H,2-4H2,1H3,(H,26,29)/t18-,19-/m0/s1. The van der Waals surface area contributed by atoms with E-state index in [0.717, 1.165) is 36.7 Å². The highest BCUT2D eigenvalue weighted by atomic mass is 35.5. The van der Waals surface area contributed by atoms with Crippen LogP contribution < -0.4 is 5.56 Å². The van der Waals surface area contributed by atoms with E-state index in [2.05, 4.69) is 5.16 Å². The Balaban J connectivity index is 1.77. The minimum Gasteiger partial charge on any atom is -0.383 e. The van der Waals surface area contributed by atoms with E-state index in [1.807, 2.05) is 60.5 Å². The first kappa shape index (κ1) is 20.9. The maximum Gasteiger partial charge on any atom is 0.284 e. The summed E-state index contributed by atoms with van der Waals surface area (Å²) in [6.45, 7) is 0. The molecule has 5 nitrogen and oxygen atoms in total. The molecule has 0 saturated heterocycles. The highest BCUT2D eigenvalue weighted by Crippen LogP contribution is 2.38. The Kier molecular flexibility index (Phi) is 6.14. The largest absolute Gasteiger partial charge is 0.383 e. The summed E-state index contributed by atoms with van der Waals surface area (Å²) < 4.78 is 5.35. The Hall–Kier alpha value is -2.34. The van der Waals surface area contributed by atoms with E-state index in [1.165, 1.54) is 0 Å². The third kappa shape index (κ3) is 3.97. The van der Waals surface area contributed by atoms with Gasteiger partial charge in [-0.3, -0.25) is 9.69 Å². The number of halogens is 2. The van der Waals surface area contributed by atoms with E-state index in [9.17, 15) is 9.59 Å². The Bertz CT molecular complexity index is 1030. The number of benzene rings is 2. The van der Waals surface area contributed by atoms with Gasteiger partial charge in [-0.2, -0.15) is 5.16 Å². The van der Waals surface area contributed by atoms with Gasteiger partial charge < -0.3 is 9.32 Å². The molecule has 156 valence electrons. The number of fused-ring (bicyclic) bond motifs is 1. The minimum absolute atomic E-state index is 0.200. The van der Waals surface area contributed by atoms with Gasteiger partial charge in [-0.15, -0.1) is 0 Å². The number of hydrogen-bond donors (Lipinski definition) is 1. The van der Waals surface area contributed by atoms with Crippen LogP contribution in [0.1, 0.15) is 47.3 Å². The molecule has 0 saturated carbocycles. The molecule has 1 aromatic heterocycles. The molecule has 0 radical (unpaired) electrons. The Labute approximate surface area is 184 Å². The third-order valence-electron chi connectivity index (χ3n) is 5.93. The zero-order chi connectivity index (χ0) is 21.3. The number of aromatic nitrogens is 1. The van der Waals surface area contributed by atoms with Crippen molar-refractivity contribution in [2.24, 2.45) is 0 Å². The fraction of sp³-hybridized carbons (Fsp3) is 0.304. The van der Waals surface area contributed by atoms with Crippen LogP contribution in [0.5, 0.6) is 0 Å². The van der Waals surface area contributed by atoms with E-state index >= 15 is 0 Å². The molecule has 0 amide bonds. The molecule has 3 aromatic rings. The number of H-pyrrole nitrogens is 1. The number of rotatable bonds is 6. The monoisotopic (exact) mass is 444 g/mol. The van der Waals surface area contributed by atoms with E-state index in [4.69, 9.17) is 27.7 Å². The molecule has 7 heteroatoms. The van der Waals surface area contributed by atoms with Crippen molar-refractivity contribution in [3.05, 3.63) is 91.4 Å². The molecule has 2 aromatic carbocycles. The van der Waals surface area contributed by atoms with Crippen LogP contribution in [0.25, 0.3) is 0 Å². The van der Waals surface area contributed by atoms with Crippen molar-refractivity contribution >= 4 is 29.5 Å². The van der Waals surface area contributed by atoms with Crippen LogP contribution in [0, 0.1) is 0 Å². The number of aldehydes is 1. The van der Waals surface area contributed by atoms with Crippen LogP contribution in [-0.4, -0.2) is 29.4 Å². The predicted octanol–water partition coefficient (Wildman–Crippen LogP) is 4.98. The van der Waals surface area contributed by atoms with Crippen LogP contribution in [0.15, 0.2) is 57.8 Å². The summed E-state index contributed by atoms with van der Waals surface area (Å²) >= 11 is 12.2. The second-order valence-electron chi connectivity index (χ2n) is 7.65. The highest BCUT2D eigenvalue weighted by Gasteiger charge is 2.37. The van der Waals surface area contributed by atoms with Gasteiger partial charge in [0.05, 0.1) is 11.6 Å². The van der Waals surface area contributed by atoms with Crippen molar-refractivity contribution in [1.82, 2.24) is 10.1 Å². The average molecular weight is 445 g/mol. The summed E-state index contributed by atoms with van der Waals surface area (Å²) in [6.07, 6.45) is 3.35. The van der Waals surface area contributed by atoms with Gasteiger partial charge in [-0.25, -0.2) is 0 Å². The van der Waals surface area contributed by atoms with Crippen molar-refractivity contribution in [1.29, 1.82) is 0 Å². The van der Waals surface area contributed by atoms with Crippen LogP contribution in [0.4, 0.5) is 0 Å².